The average molecular weight is 437 g/mol. The van der Waals surface area contributed by atoms with Gasteiger partial charge in [-0.2, -0.15) is 4.98 Å². The van der Waals surface area contributed by atoms with Crippen LogP contribution in [0.1, 0.15) is 15.2 Å². The van der Waals surface area contributed by atoms with Crippen molar-refractivity contribution in [2.75, 3.05) is 20.3 Å². The average Bonchev–Trinajstić information content (AvgIpc) is 3.49. The number of carbonyl (C=O) groups excluding carboxylic acids is 1. The molecule has 2 aromatic carbocycles. The third-order valence-corrected chi connectivity index (χ3v) is 5.56. The number of hydrogen-bond donors (Lipinski definition) is 0. The minimum Gasteiger partial charge on any atom is -0.383 e. The van der Waals surface area contributed by atoms with E-state index in [-0.39, 0.29) is 17.6 Å². The zero-order valence-electron chi connectivity index (χ0n) is 16.8. The number of methoxy groups -OCH3 is 1. The number of aromatic nitrogens is 2. The van der Waals surface area contributed by atoms with Crippen LogP contribution in [0.4, 0.5) is 4.39 Å². The topological polar surface area (TPSA) is 68.5 Å². The Bertz CT molecular complexity index is 1140. The van der Waals surface area contributed by atoms with E-state index >= 15 is 0 Å². The van der Waals surface area contributed by atoms with Crippen LogP contribution >= 0.6 is 11.3 Å². The smallest absolute Gasteiger partial charge is 0.259 e. The maximum Gasteiger partial charge on any atom is 0.259 e. The van der Waals surface area contributed by atoms with Gasteiger partial charge in [0.2, 0.25) is 5.82 Å². The van der Waals surface area contributed by atoms with Crippen LogP contribution in [-0.4, -0.2) is 41.2 Å². The number of carbonyl (C=O) groups is 1. The van der Waals surface area contributed by atoms with E-state index in [4.69, 9.17) is 9.26 Å². The molecule has 4 rings (SSSR count). The van der Waals surface area contributed by atoms with Crippen molar-refractivity contribution in [2.45, 2.75) is 6.54 Å². The fourth-order valence-corrected chi connectivity index (χ4v) is 3.84. The number of rotatable bonds is 8. The van der Waals surface area contributed by atoms with Crippen LogP contribution in [-0.2, 0) is 11.3 Å². The molecule has 4 aromatic rings. The zero-order valence-corrected chi connectivity index (χ0v) is 17.6. The highest BCUT2D eigenvalue weighted by Gasteiger charge is 2.23. The Hall–Kier alpha value is -3.36. The third kappa shape index (κ3) is 4.87. The molecule has 31 heavy (non-hydrogen) atoms. The monoisotopic (exact) mass is 437 g/mol. The second-order valence-electron chi connectivity index (χ2n) is 6.77. The van der Waals surface area contributed by atoms with Crippen molar-refractivity contribution in [3.8, 4) is 22.8 Å². The first-order valence-electron chi connectivity index (χ1n) is 9.65. The number of halogens is 1. The Morgan fingerprint density at radius 2 is 1.94 bits per heavy atom. The molecular weight excluding hydrogens is 417 g/mol. The Labute approximate surface area is 182 Å². The van der Waals surface area contributed by atoms with E-state index in [0.717, 1.165) is 4.88 Å². The molecular formula is C23H20FN3O3S. The first kappa shape index (κ1) is 20.9. The Morgan fingerprint density at radius 1 is 1.13 bits per heavy atom. The Kier molecular flexibility index (Phi) is 6.49. The lowest BCUT2D eigenvalue weighted by Gasteiger charge is -2.22. The van der Waals surface area contributed by atoms with E-state index in [9.17, 15) is 9.18 Å². The second-order valence-corrected chi connectivity index (χ2v) is 7.81. The first-order chi connectivity index (χ1) is 15.2. The molecule has 0 atom stereocenters. The molecule has 0 aliphatic carbocycles. The molecule has 0 aliphatic rings. The van der Waals surface area contributed by atoms with E-state index in [0.29, 0.717) is 42.2 Å². The van der Waals surface area contributed by atoms with Crippen molar-refractivity contribution in [1.29, 1.82) is 0 Å². The summed E-state index contributed by atoms with van der Waals surface area (Å²) in [7, 11) is 1.61. The molecule has 0 unspecified atom stereocenters. The molecule has 6 nitrogen and oxygen atoms in total. The van der Waals surface area contributed by atoms with Crippen LogP contribution in [0.25, 0.3) is 22.8 Å². The largest absolute Gasteiger partial charge is 0.383 e. The summed E-state index contributed by atoms with van der Waals surface area (Å²) < 4.78 is 23.8. The maximum atomic E-state index is 13.4. The van der Waals surface area contributed by atoms with Gasteiger partial charge in [0.15, 0.2) is 0 Å². The molecule has 2 heterocycles. The normalized spacial score (nSPS) is 10.9. The van der Waals surface area contributed by atoms with Gasteiger partial charge in [0.1, 0.15) is 5.82 Å². The summed E-state index contributed by atoms with van der Waals surface area (Å²) in [6, 6.07) is 16.9. The molecule has 2 aromatic heterocycles. The van der Waals surface area contributed by atoms with Gasteiger partial charge in [-0.05, 0) is 47.8 Å². The molecule has 0 fully saturated rings. The van der Waals surface area contributed by atoms with Gasteiger partial charge in [0.05, 0.1) is 24.3 Å². The lowest BCUT2D eigenvalue weighted by Crippen LogP contribution is -2.33. The van der Waals surface area contributed by atoms with Crippen LogP contribution in [0.15, 0.2) is 70.6 Å². The molecule has 0 aliphatic heterocycles. The molecule has 0 saturated heterocycles. The predicted octanol–water partition coefficient (Wildman–Crippen LogP) is 4.89. The molecule has 8 heteroatoms. The van der Waals surface area contributed by atoms with Crippen LogP contribution in [0, 0.1) is 5.82 Å². The van der Waals surface area contributed by atoms with Gasteiger partial charge in [-0.3, -0.25) is 4.79 Å². The molecule has 158 valence electrons. The van der Waals surface area contributed by atoms with E-state index in [1.165, 1.54) is 12.1 Å². The molecule has 0 spiro atoms. The van der Waals surface area contributed by atoms with Crippen molar-refractivity contribution in [2.24, 2.45) is 0 Å². The molecule has 0 saturated carbocycles. The van der Waals surface area contributed by atoms with Gasteiger partial charge in [-0.15, -0.1) is 11.3 Å². The van der Waals surface area contributed by atoms with E-state index in [1.807, 2.05) is 23.6 Å². The zero-order chi connectivity index (χ0) is 21.6. The summed E-state index contributed by atoms with van der Waals surface area (Å²) in [4.78, 5) is 20.7. The van der Waals surface area contributed by atoms with Crippen molar-refractivity contribution in [1.82, 2.24) is 15.0 Å². The summed E-state index contributed by atoms with van der Waals surface area (Å²) in [5.41, 5.74) is 1.63. The van der Waals surface area contributed by atoms with Gasteiger partial charge >= 0.3 is 0 Å². The second kappa shape index (κ2) is 9.63. The number of thiophene rings is 1. The van der Waals surface area contributed by atoms with Crippen LogP contribution in [0.5, 0.6) is 0 Å². The highest BCUT2D eigenvalue weighted by molar-refractivity contribution is 7.09. The lowest BCUT2D eigenvalue weighted by atomic mass is 10.1. The maximum absolute atomic E-state index is 13.4. The lowest BCUT2D eigenvalue weighted by molar-refractivity contribution is 0.0683. The molecule has 0 radical (unpaired) electrons. The summed E-state index contributed by atoms with van der Waals surface area (Å²) >= 11 is 1.60. The van der Waals surface area contributed by atoms with Gasteiger partial charge in [-0.25, -0.2) is 4.39 Å². The minimum atomic E-state index is -0.342. The van der Waals surface area contributed by atoms with Gasteiger partial charge < -0.3 is 14.2 Å². The summed E-state index contributed by atoms with van der Waals surface area (Å²) in [5.74, 6) is 0.0612. The third-order valence-electron chi connectivity index (χ3n) is 4.70. The molecule has 1 amide bonds. The highest BCUT2D eigenvalue weighted by atomic mass is 32.1. The van der Waals surface area contributed by atoms with E-state index in [1.54, 1.807) is 53.7 Å². The number of ether oxygens (including phenoxy) is 1. The van der Waals surface area contributed by atoms with Crippen molar-refractivity contribution >= 4 is 17.2 Å². The Morgan fingerprint density at radius 3 is 2.68 bits per heavy atom. The molecule has 0 bridgehead atoms. The van der Waals surface area contributed by atoms with Crippen molar-refractivity contribution in [3.63, 3.8) is 0 Å². The number of hydrogen-bond acceptors (Lipinski definition) is 6. The summed E-state index contributed by atoms with van der Waals surface area (Å²) in [5, 5.41) is 5.98. The van der Waals surface area contributed by atoms with Crippen molar-refractivity contribution in [3.05, 3.63) is 82.3 Å². The van der Waals surface area contributed by atoms with Crippen molar-refractivity contribution < 1.29 is 18.4 Å². The van der Waals surface area contributed by atoms with E-state index in [2.05, 4.69) is 10.1 Å². The standard InChI is InChI=1S/C23H20FN3O3S/c1-29-13-12-27(15-18-5-4-14-31-18)23(28)20-7-3-2-6-19(20)22-25-21(26-30-22)16-8-10-17(24)11-9-16/h2-11,14H,12-13,15H2,1H3. The summed E-state index contributed by atoms with van der Waals surface area (Å²) in [6.07, 6.45) is 0. The van der Waals surface area contributed by atoms with Crippen LogP contribution in [0.3, 0.4) is 0 Å². The highest BCUT2D eigenvalue weighted by Crippen LogP contribution is 2.27. The minimum absolute atomic E-state index is 0.150. The quantitative estimate of drug-likeness (QED) is 0.392. The van der Waals surface area contributed by atoms with Gasteiger partial charge in [-0.1, -0.05) is 23.4 Å². The molecule has 0 N–H and O–H groups in total. The SMILES string of the molecule is COCCN(Cc1cccs1)C(=O)c1ccccc1-c1nc(-c2ccc(F)cc2)no1. The fraction of sp³-hybridized carbons (Fsp3) is 0.174. The summed E-state index contributed by atoms with van der Waals surface area (Å²) in [6.45, 7) is 1.36. The van der Waals surface area contributed by atoms with E-state index < -0.39 is 0 Å². The Balaban J connectivity index is 1.64. The predicted molar refractivity (Wildman–Crippen MR) is 116 cm³/mol. The fourth-order valence-electron chi connectivity index (χ4n) is 3.12. The van der Waals surface area contributed by atoms with Gasteiger partial charge in [0, 0.05) is 24.1 Å². The first-order valence-corrected chi connectivity index (χ1v) is 10.5. The van der Waals surface area contributed by atoms with Crippen LogP contribution in [0.2, 0.25) is 0 Å². The number of nitrogens with zero attached hydrogens (tertiary/aromatic N) is 3. The van der Waals surface area contributed by atoms with Gasteiger partial charge in [0.25, 0.3) is 11.8 Å². The van der Waals surface area contributed by atoms with Crippen LogP contribution < -0.4 is 0 Å². The number of benzene rings is 2. The number of amides is 1.